The fraction of sp³-hybridized carbons (Fsp3) is 0.148. The van der Waals surface area contributed by atoms with Crippen molar-refractivity contribution >= 4 is 32.9 Å². The second-order valence-corrected chi connectivity index (χ2v) is 10.5. The number of sulfone groups is 1. The van der Waals surface area contributed by atoms with E-state index in [9.17, 15) is 13.2 Å². The number of rotatable bonds is 5. The highest BCUT2D eigenvalue weighted by molar-refractivity contribution is 7.97. The first-order chi connectivity index (χ1) is 16.4. The van der Waals surface area contributed by atoms with Gasteiger partial charge in [-0.15, -0.1) is 0 Å². The van der Waals surface area contributed by atoms with E-state index in [0.717, 1.165) is 29.7 Å². The lowest BCUT2D eigenvalue weighted by molar-refractivity contribution is 0.104. The molecular formula is C27H22ClNO4S. The number of halogens is 1. The second kappa shape index (κ2) is 8.78. The van der Waals surface area contributed by atoms with Gasteiger partial charge in [-0.05, 0) is 54.0 Å². The molecule has 0 amide bonds. The minimum Gasteiger partial charge on any atom is -0.439 e. The number of carbonyl (C=O) groups excluding carboxylic acids is 1. The minimum atomic E-state index is -3.95. The Labute approximate surface area is 203 Å². The van der Waals surface area contributed by atoms with Crippen molar-refractivity contribution in [3.05, 3.63) is 100 Å². The second-order valence-electron chi connectivity index (χ2n) is 8.16. The summed E-state index contributed by atoms with van der Waals surface area (Å²) >= 11 is 5.97. The number of hydrogen-bond acceptors (Lipinski definition) is 5. The van der Waals surface area contributed by atoms with Crippen LogP contribution in [0.4, 0.5) is 5.69 Å². The molecule has 0 bridgehead atoms. The van der Waals surface area contributed by atoms with Crippen LogP contribution in [-0.4, -0.2) is 20.7 Å². The molecule has 34 heavy (non-hydrogen) atoms. The molecule has 5 rings (SSSR count). The summed E-state index contributed by atoms with van der Waals surface area (Å²) in [4.78, 5) is 14.5. The molecule has 0 unspecified atom stereocenters. The molecule has 0 saturated carbocycles. The van der Waals surface area contributed by atoms with E-state index in [2.05, 4.69) is 25.1 Å². The van der Waals surface area contributed by atoms with Crippen molar-refractivity contribution in [3.8, 4) is 16.9 Å². The van der Waals surface area contributed by atoms with Crippen molar-refractivity contribution in [2.75, 3.05) is 11.4 Å². The van der Waals surface area contributed by atoms with Gasteiger partial charge in [0.1, 0.15) is 4.91 Å². The highest BCUT2D eigenvalue weighted by atomic mass is 35.5. The third-order valence-corrected chi connectivity index (χ3v) is 7.99. The van der Waals surface area contributed by atoms with Gasteiger partial charge in [0.25, 0.3) is 0 Å². The Bertz CT molecular complexity index is 1460. The number of benzene rings is 3. The van der Waals surface area contributed by atoms with Gasteiger partial charge in [-0.25, -0.2) is 8.42 Å². The van der Waals surface area contributed by atoms with Gasteiger partial charge in [-0.1, -0.05) is 61.3 Å². The van der Waals surface area contributed by atoms with E-state index in [4.69, 9.17) is 16.3 Å². The van der Waals surface area contributed by atoms with Crippen molar-refractivity contribution in [3.63, 3.8) is 0 Å². The first kappa shape index (κ1) is 22.4. The van der Waals surface area contributed by atoms with Gasteiger partial charge in [0.15, 0.2) is 5.75 Å². The standard InChI is InChI=1S/C27H22ClNO4S/c1-2-3-15-29-22-16-19(18-7-5-4-6-8-18)9-12-23(22)33-26(29)14-13-24-27(30)21-11-10-20(28)17-25(21)34(24,31)32/h4-14,16-17H,2-3,15H2,1H3/b24-13-,26-14-. The third kappa shape index (κ3) is 3.83. The van der Waals surface area contributed by atoms with Crippen LogP contribution in [-0.2, 0) is 9.84 Å². The molecule has 2 heterocycles. The molecule has 3 aromatic carbocycles. The van der Waals surface area contributed by atoms with Gasteiger partial charge in [0.05, 0.1) is 10.6 Å². The number of unbranched alkanes of at least 4 members (excludes halogenated alkanes) is 1. The van der Waals surface area contributed by atoms with E-state index in [-0.39, 0.29) is 20.4 Å². The van der Waals surface area contributed by atoms with Crippen molar-refractivity contribution < 1.29 is 17.9 Å². The van der Waals surface area contributed by atoms with Crippen LogP contribution in [0.25, 0.3) is 11.1 Å². The van der Waals surface area contributed by atoms with Crippen LogP contribution >= 0.6 is 11.6 Å². The van der Waals surface area contributed by atoms with E-state index in [0.29, 0.717) is 18.2 Å². The molecule has 0 atom stereocenters. The molecule has 3 aromatic rings. The number of allylic oxidation sites excluding steroid dienone is 3. The molecular weight excluding hydrogens is 470 g/mol. The summed E-state index contributed by atoms with van der Waals surface area (Å²) in [5.41, 5.74) is 3.21. The highest BCUT2D eigenvalue weighted by Crippen LogP contribution is 2.42. The Morgan fingerprint density at radius 3 is 2.53 bits per heavy atom. The number of ether oxygens (including phenoxy) is 1. The van der Waals surface area contributed by atoms with Gasteiger partial charge in [0, 0.05) is 23.2 Å². The Kier molecular flexibility index (Phi) is 5.80. The molecule has 0 aliphatic carbocycles. The number of ketones is 1. The molecule has 0 N–H and O–H groups in total. The zero-order chi connectivity index (χ0) is 23.9. The van der Waals surface area contributed by atoms with Crippen LogP contribution in [0.3, 0.4) is 0 Å². The normalized spacial score (nSPS) is 18.3. The molecule has 7 heteroatoms. The molecule has 5 nitrogen and oxygen atoms in total. The van der Waals surface area contributed by atoms with E-state index in [1.807, 2.05) is 35.2 Å². The zero-order valence-corrected chi connectivity index (χ0v) is 20.1. The Balaban J connectivity index is 1.53. The number of fused-ring (bicyclic) bond motifs is 2. The first-order valence-electron chi connectivity index (χ1n) is 11.1. The average Bonchev–Trinajstić information content (AvgIpc) is 3.27. The summed E-state index contributed by atoms with van der Waals surface area (Å²) in [5, 5.41) is 0.268. The fourth-order valence-electron chi connectivity index (χ4n) is 4.17. The maximum absolute atomic E-state index is 13.0. The van der Waals surface area contributed by atoms with Gasteiger partial charge in [0.2, 0.25) is 21.5 Å². The van der Waals surface area contributed by atoms with Crippen molar-refractivity contribution in [1.29, 1.82) is 0 Å². The summed E-state index contributed by atoms with van der Waals surface area (Å²) in [6, 6.07) is 20.3. The third-order valence-electron chi connectivity index (χ3n) is 5.94. The van der Waals surface area contributed by atoms with Crippen LogP contribution in [0.15, 0.2) is 94.6 Å². The molecule has 172 valence electrons. The van der Waals surface area contributed by atoms with Gasteiger partial charge < -0.3 is 9.64 Å². The van der Waals surface area contributed by atoms with E-state index in [1.54, 1.807) is 6.08 Å². The van der Waals surface area contributed by atoms with E-state index >= 15 is 0 Å². The van der Waals surface area contributed by atoms with Crippen LogP contribution in [0, 0.1) is 0 Å². The Morgan fingerprint density at radius 1 is 0.971 bits per heavy atom. The SMILES string of the molecule is CCCCN1/C(=C/C=C2/C(=O)c3ccc(Cl)cc3S2(=O)=O)Oc2ccc(-c3ccccc3)cc21. The lowest BCUT2D eigenvalue weighted by Gasteiger charge is -2.18. The average molecular weight is 492 g/mol. The van der Waals surface area contributed by atoms with Crippen LogP contribution in [0.1, 0.15) is 30.1 Å². The molecule has 2 aliphatic heterocycles. The largest absolute Gasteiger partial charge is 0.439 e. The lowest BCUT2D eigenvalue weighted by atomic mass is 10.0. The zero-order valence-electron chi connectivity index (χ0n) is 18.5. The summed E-state index contributed by atoms with van der Waals surface area (Å²) in [5.74, 6) is 0.639. The summed E-state index contributed by atoms with van der Waals surface area (Å²) in [6.45, 7) is 2.81. The minimum absolute atomic E-state index is 0.0550. The van der Waals surface area contributed by atoms with Crippen molar-refractivity contribution in [2.45, 2.75) is 24.7 Å². The Morgan fingerprint density at radius 2 is 1.76 bits per heavy atom. The highest BCUT2D eigenvalue weighted by Gasteiger charge is 2.39. The topological polar surface area (TPSA) is 63.7 Å². The smallest absolute Gasteiger partial charge is 0.211 e. The van der Waals surface area contributed by atoms with Crippen molar-refractivity contribution in [1.82, 2.24) is 0 Å². The monoisotopic (exact) mass is 491 g/mol. The van der Waals surface area contributed by atoms with Crippen LogP contribution in [0.2, 0.25) is 5.02 Å². The summed E-state index contributed by atoms with van der Waals surface area (Å²) < 4.78 is 32.1. The quantitative estimate of drug-likeness (QED) is 0.386. The fourth-order valence-corrected chi connectivity index (χ4v) is 5.98. The predicted octanol–water partition coefficient (Wildman–Crippen LogP) is 6.40. The summed E-state index contributed by atoms with van der Waals surface area (Å²) in [6.07, 6.45) is 4.81. The van der Waals surface area contributed by atoms with Gasteiger partial charge >= 0.3 is 0 Å². The lowest BCUT2D eigenvalue weighted by Crippen LogP contribution is -2.21. The first-order valence-corrected chi connectivity index (χ1v) is 12.9. The van der Waals surface area contributed by atoms with Crippen LogP contribution in [0.5, 0.6) is 5.75 Å². The molecule has 2 aliphatic rings. The van der Waals surface area contributed by atoms with Crippen LogP contribution < -0.4 is 9.64 Å². The predicted molar refractivity (Wildman–Crippen MR) is 134 cm³/mol. The number of carbonyl (C=O) groups is 1. The number of Topliss-reactive ketones (excluding diaryl/α,β-unsaturated/α-hetero) is 1. The molecule has 0 spiro atoms. The number of hydrogen-bond donors (Lipinski definition) is 0. The number of anilines is 1. The maximum Gasteiger partial charge on any atom is 0.211 e. The summed E-state index contributed by atoms with van der Waals surface area (Å²) in [7, 11) is -3.95. The maximum atomic E-state index is 13.0. The van der Waals surface area contributed by atoms with Gasteiger partial charge in [-0.2, -0.15) is 0 Å². The molecule has 0 radical (unpaired) electrons. The van der Waals surface area contributed by atoms with E-state index < -0.39 is 15.6 Å². The Hall–Kier alpha value is -3.35. The molecule has 0 fully saturated rings. The van der Waals surface area contributed by atoms with E-state index in [1.165, 1.54) is 24.3 Å². The van der Waals surface area contributed by atoms with Crippen molar-refractivity contribution in [2.24, 2.45) is 0 Å². The number of nitrogens with zero attached hydrogens (tertiary/aromatic N) is 1. The molecule has 0 saturated heterocycles. The van der Waals surface area contributed by atoms with Gasteiger partial charge in [-0.3, -0.25) is 4.79 Å². The molecule has 0 aromatic heterocycles.